The summed E-state index contributed by atoms with van der Waals surface area (Å²) in [5.74, 6) is -2.63. The Morgan fingerprint density at radius 1 is 1.11 bits per heavy atom. The van der Waals surface area contributed by atoms with E-state index in [9.17, 15) is 27.6 Å². The fourth-order valence-electron chi connectivity index (χ4n) is 5.36. The van der Waals surface area contributed by atoms with E-state index in [0.717, 1.165) is 35.6 Å². The quantitative estimate of drug-likeness (QED) is 0.576. The fourth-order valence-corrected chi connectivity index (χ4v) is 5.36. The highest BCUT2D eigenvalue weighted by atomic mass is 19.1. The summed E-state index contributed by atoms with van der Waals surface area (Å²) in [7, 11) is 0. The standard InChI is InChI=1S/C25H24F3N3O4/c1-13(17-4-2-16(27)11-19(17)28)29-22(32)21(25-8-6-14(7-9-25)12-35-25)31-23(33)18-10-15(26)3-5-20(18)30-24(31)34/h2-5,10-11,13-14,21H,6-9,12H2,1H3,(H,29,32)(H,30,34)/t13-,14?,21-,25?/m1/s1. The van der Waals surface area contributed by atoms with Crippen molar-refractivity contribution in [2.75, 3.05) is 6.61 Å². The monoisotopic (exact) mass is 487 g/mol. The number of halogens is 3. The van der Waals surface area contributed by atoms with Gasteiger partial charge >= 0.3 is 5.69 Å². The largest absolute Gasteiger partial charge is 0.372 e. The number of H-pyrrole nitrogens is 1. The number of benzene rings is 2. The van der Waals surface area contributed by atoms with E-state index < -0.39 is 52.3 Å². The zero-order chi connectivity index (χ0) is 24.9. The van der Waals surface area contributed by atoms with Gasteiger partial charge in [0.1, 0.15) is 23.5 Å². The van der Waals surface area contributed by atoms with Gasteiger partial charge in [0.25, 0.3) is 5.56 Å². The number of hydrogen-bond acceptors (Lipinski definition) is 4. The highest BCUT2D eigenvalue weighted by molar-refractivity contribution is 5.83. The van der Waals surface area contributed by atoms with E-state index in [1.54, 1.807) is 0 Å². The normalized spacial score (nSPS) is 23.3. The van der Waals surface area contributed by atoms with Gasteiger partial charge in [-0.25, -0.2) is 22.5 Å². The Morgan fingerprint density at radius 2 is 1.80 bits per heavy atom. The third-order valence-corrected chi connectivity index (χ3v) is 7.24. The molecule has 1 aliphatic carbocycles. The molecular formula is C25H24F3N3O4. The predicted octanol–water partition coefficient (Wildman–Crippen LogP) is 3.48. The van der Waals surface area contributed by atoms with Crippen molar-refractivity contribution in [3.8, 4) is 0 Å². The summed E-state index contributed by atoms with van der Waals surface area (Å²) in [5.41, 5.74) is -2.59. The molecule has 2 bridgehead atoms. The van der Waals surface area contributed by atoms with E-state index in [4.69, 9.17) is 4.74 Å². The third-order valence-electron chi connectivity index (χ3n) is 7.24. The van der Waals surface area contributed by atoms with Crippen molar-refractivity contribution >= 4 is 16.8 Å². The average Bonchev–Trinajstić information content (AvgIpc) is 2.83. The molecule has 2 N–H and O–H groups in total. The van der Waals surface area contributed by atoms with Crippen LogP contribution in [0.5, 0.6) is 0 Å². The molecule has 35 heavy (non-hydrogen) atoms. The summed E-state index contributed by atoms with van der Waals surface area (Å²) in [6.45, 7) is 1.91. The molecule has 1 amide bonds. The van der Waals surface area contributed by atoms with Crippen molar-refractivity contribution in [1.82, 2.24) is 14.9 Å². The van der Waals surface area contributed by atoms with Crippen LogP contribution in [0.2, 0.25) is 0 Å². The minimum atomic E-state index is -1.38. The van der Waals surface area contributed by atoms with Crippen LogP contribution in [0.1, 0.15) is 50.3 Å². The lowest BCUT2D eigenvalue weighted by molar-refractivity contribution is -0.178. The van der Waals surface area contributed by atoms with Gasteiger partial charge < -0.3 is 15.0 Å². The second kappa shape index (κ2) is 8.67. The molecule has 0 radical (unpaired) electrons. The van der Waals surface area contributed by atoms with Gasteiger partial charge in [0.15, 0.2) is 0 Å². The molecule has 2 aromatic carbocycles. The molecule has 7 nitrogen and oxygen atoms in total. The van der Waals surface area contributed by atoms with Crippen LogP contribution in [-0.4, -0.2) is 27.7 Å². The average molecular weight is 487 g/mol. The molecule has 3 heterocycles. The van der Waals surface area contributed by atoms with Gasteiger partial charge in [-0.15, -0.1) is 0 Å². The maximum atomic E-state index is 14.4. The summed E-state index contributed by atoms with van der Waals surface area (Å²) in [6, 6.07) is 4.16. The Morgan fingerprint density at radius 3 is 2.46 bits per heavy atom. The van der Waals surface area contributed by atoms with Gasteiger partial charge in [-0.2, -0.15) is 0 Å². The van der Waals surface area contributed by atoms with Gasteiger partial charge in [0.2, 0.25) is 5.91 Å². The van der Waals surface area contributed by atoms with Crippen molar-refractivity contribution in [2.24, 2.45) is 5.92 Å². The van der Waals surface area contributed by atoms with Gasteiger partial charge in [-0.05, 0) is 62.8 Å². The van der Waals surface area contributed by atoms with E-state index in [-0.39, 0.29) is 16.5 Å². The van der Waals surface area contributed by atoms with E-state index in [0.29, 0.717) is 31.4 Å². The summed E-state index contributed by atoms with van der Waals surface area (Å²) >= 11 is 0. The first kappa shape index (κ1) is 23.3. The molecule has 1 saturated carbocycles. The molecule has 6 rings (SSSR count). The van der Waals surface area contributed by atoms with Gasteiger partial charge in [0, 0.05) is 11.6 Å². The highest BCUT2D eigenvalue weighted by Gasteiger charge is 2.52. The number of amides is 1. The van der Waals surface area contributed by atoms with Crippen molar-refractivity contribution in [3.63, 3.8) is 0 Å². The molecule has 10 heteroatoms. The van der Waals surface area contributed by atoms with Gasteiger partial charge in [0.05, 0.1) is 29.2 Å². The zero-order valence-electron chi connectivity index (χ0n) is 18.9. The number of aromatic nitrogens is 2. The second-order valence-electron chi connectivity index (χ2n) is 9.41. The fraction of sp³-hybridized carbons (Fsp3) is 0.400. The SMILES string of the molecule is C[C@@H](NC(=O)[C@@H](n1c(=O)[nH]c2ccc(F)cc2c1=O)C12CCC(CC1)CO2)c1ccc(F)cc1F. The van der Waals surface area contributed by atoms with E-state index in [1.165, 1.54) is 19.1 Å². The molecule has 2 saturated heterocycles. The van der Waals surface area contributed by atoms with Crippen molar-refractivity contribution < 1.29 is 22.7 Å². The van der Waals surface area contributed by atoms with Crippen LogP contribution in [0.15, 0.2) is 46.0 Å². The van der Waals surface area contributed by atoms with Gasteiger partial charge in [-0.3, -0.25) is 9.59 Å². The third kappa shape index (κ3) is 4.05. The summed E-state index contributed by atoms with van der Waals surface area (Å²) in [4.78, 5) is 42.8. The van der Waals surface area contributed by atoms with Crippen LogP contribution in [0, 0.1) is 23.4 Å². The first-order chi connectivity index (χ1) is 16.7. The number of aromatic amines is 1. The highest BCUT2D eigenvalue weighted by Crippen LogP contribution is 2.47. The van der Waals surface area contributed by atoms with Crippen LogP contribution in [-0.2, 0) is 9.53 Å². The Hall–Kier alpha value is -3.40. The lowest BCUT2D eigenvalue weighted by Gasteiger charge is -2.49. The van der Waals surface area contributed by atoms with Crippen molar-refractivity contribution in [2.45, 2.75) is 50.3 Å². The number of hydrogen-bond donors (Lipinski definition) is 2. The maximum Gasteiger partial charge on any atom is 0.329 e. The Bertz CT molecular complexity index is 1410. The van der Waals surface area contributed by atoms with Crippen LogP contribution >= 0.6 is 0 Å². The molecule has 2 atom stereocenters. The van der Waals surface area contributed by atoms with Crippen LogP contribution in [0.4, 0.5) is 13.2 Å². The smallest absolute Gasteiger partial charge is 0.329 e. The second-order valence-corrected chi connectivity index (χ2v) is 9.41. The number of rotatable bonds is 5. The molecule has 3 aliphatic rings. The van der Waals surface area contributed by atoms with Crippen LogP contribution < -0.4 is 16.6 Å². The summed E-state index contributed by atoms with van der Waals surface area (Å²) < 4.78 is 48.5. The number of nitrogens with one attached hydrogen (secondary N) is 2. The first-order valence-corrected chi connectivity index (χ1v) is 11.5. The number of nitrogens with zero attached hydrogens (tertiary/aromatic N) is 1. The molecule has 3 aromatic rings. The summed E-state index contributed by atoms with van der Waals surface area (Å²) in [6.07, 6.45) is 2.42. The minimum Gasteiger partial charge on any atom is -0.372 e. The molecule has 3 fully saturated rings. The van der Waals surface area contributed by atoms with Gasteiger partial charge in [-0.1, -0.05) is 6.07 Å². The van der Waals surface area contributed by atoms with E-state index in [2.05, 4.69) is 10.3 Å². The molecule has 0 spiro atoms. The molecule has 2 aliphatic heterocycles. The zero-order valence-corrected chi connectivity index (χ0v) is 18.9. The van der Waals surface area contributed by atoms with Crippen molar-refractivity contribution in [3.05, 3.63) is 80.3 Å². The lowest BCUT2D eigenvalue weighted by Crippen LogP contribution is -2.59. The molecule has 1 aromatic heterocycles. The van der Waals surface area contributed by atoms with Crippen molar-refractivity contribution in [1.29, 1.82) is 0 Å². The van der Waals surface area contributed by atoms with E-state index in [1.807, 2.05) is 0 Å². The Labute approximate surface area is 197 Å². The van der Waals surface area contributed by atoms with Crippen LogP contribution in [0.3, 0.4) is 0 Å². The topological polar surface area (TPSA) is 93.2 Å². The molecular weight excluding hydrogens is 463 g/mol. The predicted molar refractivity (Wildman–Crippen MR) is 121 cm³/mol. The molecule has 0 unspecified atom stereocenters. The molecule has 184 valence electrons. The number of carbonyl (C=O) groups is 1. The minimum absolute atomic E-state index is 0.0473. The number of ether oxygens (including phenoxy) is 1. The Balaban J connectivity index is 1.61. The number of fused-ring (bicyclic) bond motifs is 4. The van der Waals surface area contributed by atoms with E-state index >= 15 is 0 Å². The Kier molecular flexibility index (Phi) is 5.79. The summed E-state index contributed by atoms with van der Waals surface area (Å²) in [5, 5.41) is 2.59. The van der Waals surface area contributed by atoms with Crippen LogP contribution in [0.25, 0.3) is 10.9 Å². The lowest BCUT2D eigenvalue weighted by atomic mass is 9.71. The number of carbonyl (C=O) groups excluding carboxylic acids is 1. The first-order valence-electron chi connectivity index (χ1n) is 11.5. The maximum absolute atomic E-state index is 14.4.